The summed E-state index contributed by atoms with van der Waals surface area (Å²) >= 11 is 0. The zero-order valence-electron chi connectivity index (χ0n) is 31.6. The second kappa shape index (κ2) is 21.6. The van der Waals surface area contributed by atoms with Gasteiger partial charge in [0.25, 0.3) is 0 Å². The molecule has 0 bridgehead atoms. The average molecular weight is 780 g/mol. The van der Waals surface area contributed by atoms with Crippen molar-refractivity contribution in [1.29, 1.82) is 0 Å². The quantitative estimate of drug-likeness (QED) is 0.0927. The Morgan fingerprint density at radius 1 is 0.509 bits per heavy atom. The van der Waals surface area contributed by atoms with E-state index in [1.807, 2.05) is 24.3 Å². The standard InChI is InChI=1S/C17H16.2C16H13.C2H6Si.Zr/c1-15(17-13-6-3-7-14-17)9-8-12-16-10-4-2-5-11-16;2*1-12-10-14-8-5-9-15(16(14)11-12)13-6-3-2-4-7-13;1-3-2;/h2-14H,1H3;2*2-11H,1H3;1-2H3;/q;2*-1;;+2/b12-8+,15-9-;;;;. The van der Waals surface area contributed by atoms with Crippen molar-refractivity contribution >= 4 is 42.7 Å². The van der Waals surface area contributed by atoms with Gasteiger partial charge >= 0.3 is 26.2 Å². The van der Waals surface area contributed by atoms with Gasteiger partial charge in [-0.1, -0.05) is 190 Å². The molecule has 0 saturated heterocycles. The topological polar surface area (TPSA) is 0 Å². The Balaban J connectivity index is 0.000000169. The van der Waals surface area contributed by atoms with E-state index in [1.165, 1.54) is 71.6 Å². The zero-order valence-corrected chi connectivity index (χ0v) is 35.0. The number of allylic oxidation sites excluding steroid dienone is 3. The minimum absolute atomic E-state index is 0. The molecule has 0 spiro atoms. The third-order valence-corrected chi connectivity index (χ3v) is 8.62. The van der Waals surface area contributed by atoms with Crippen molar-refractivity contribution in [1.82, 2.24) is 0 Å². The van der Waals surface area contributed by atoms with Gasteiger partial charge in [0.1, 0.15) is 0 Å². The van der Waals surface area contributed by atoms with E-state index < -0.39 is 0 Å². The van der Waals surface area contributed by atoms with Crippen LogP contribution in [0.5, 0.6) is 0 Å². The molecule has 0 atom stereocenters. The summed E-state index contributed by atoms with van der Waals surface area (Å²) in [4.78, 5) is 0. The van der Waals surface area contributed by atoms with E-state index in [0.29, 0.717) is 0 Å². The van der Waals surface area contributed by atoms with Gasteiger partial charge in [0.2, 0.25) is 0 Å². The van der Waals surface area contributed by atoms with Gasteiger partial charge in [-0.25, -0.2) is 0 Å². The predicted molar refractivity (Wildman–Crippen MR) is 232 cm³/mol. The average Bonchev–Trinajstić information content (AvgIpc) is 3.78. The molecule has 8 rings (SSSR count). The number of hydrogen-bond acceptors (Lipinski definition) is 0. The van der Waals surface area contributed by atoms with Crippen LogP contribution in [0.15, 0.2) is 194 Å². The molecule has 8 aromatic rings. The number of aryl methyl sites for hydroxylation is 2. The molecule has 0 aliphatic carbocycles. The van der Waals surface area contributed by atoms with Crippen LogP contribution in [-0.4, -0.2) is 9.52 Å². The summed E-state index contributed by atoms with van der Waals surface area (Å²) in [6, 6.07) is 63.9. The summed E-state index contributed by atoms with van der Waals surface area (Å²) in [7, 11) is 1.08. The molecule has 0 nitrogen and oxygen atoms in total. The molecule has 2 radical (unpaired) electrons. The molecule has 0 fully saturated rings. The zero-order chi connectivity index (χ0) is 36.5. The third kappa shape index (κ3) is 12.1. The van der Waals surface area contributed by atoms with Crippen LogP contribution in [0.3, 0.4) is 0 Å². The first-order valence-corrected chi connectivity index (χ1v) is 19.9. The van der Waals surface area contributed by atoms with Crippen LogP contribution in [0.25, 0.3) is 55.4 Å². The third-order valence-electron chi connectivity index (χ3n) is 8.62. The van der Waals surface area contributed by atoms with Crippen molar-refractivity contribution in [2.24, 2.45) is 0 Å². The minimum Gasteiger partial charge on any atom is -0.165 e. The van der Waals surface area contributed by atoms with Crippen molar-refractivity contribution in [3.05, 3.63) is 216 Å². The van der Waals surface area contributed by atoms with E-state index in [9.17, 15) is 0 Å². The monoisotopic (exact) mass is 778 g/mol. The van der Waals surface area contributed by atoms with Crippen molar-refractivity contribution in [3.8, 4) is 22.3 Å². The van der Waals surface area contributed by atoms with E-state index in [2.05, 4.69) is 210 Å². The SMILES string of the molecule is C/C(=C/C=C/c1ccccc1)c1ccccc1.C[Si]C.Cc1cc2c(-c3ccccc3)cccc2[cH-]1.Cc1cc2c(-c3ccccc3)cccc2[cH-]1.[Zr+2]. The Hall–Kier alpha value is -4.88. The Labute approximate surface area is 339 Å². The molecular formula is C51H48SiZr. The van der Waals surface area contributed by atoms with Crippen LogP contribution in [-0.2, 0) is 26.2 Å². The van der Waals surface area contributed by atoms with Crippen molar-refractivity contribution in [2.45, 2.75) is 33.9 Å². The van der Waals surface area contributed by atoms with E-state index in [-0.39, 0.29) is 26.2 Å². The molecule has 0 aliphatic heterocycles. The van der Waals surface area contributed by atoms with Gasteiger partial charge in [0.15, 0.2) is 0 Å². The van der Waals surface area contributed by atoms with E-state index in [4.69, 9.17) is 0 Å². The van der Waals surface area contributed by atoms with Gasteiger partial charge in [0, 0.05) is 9.52 Å². The van der Waals surface area contributed by atoms with Crippen LogP contribution in [0.1, 0.15) is 29.2 Å². The Morgan fingerprint density at radius 2 is 0.906 bits per heavy atom. The minimum atomic E-state index is 0. The van der Waals surface area contributed by atoms with E-state index in [0.717, 1.165) is 9.52 Å². The number of hydrogen-bond donors (Lipinski definition) is 0. The Kier molecular flexibility index (Phi) is 16.7. The fourth-order valence-electron chi connectivity index (χ4n) is 6.17. The maximum absolute atomic E-state index is 2.26. The van der Waals surface area contributed by atoms with Crippen molar-refractivity contribution in [2.75, 3.05) is 0 Å². The molecule has 260 valence electrons. The summed E-state index contributed by atoms with van der Waals surface area (Å²) in [5.74, 6) is 0. The van der Waals surface area contributed by atoms with Crippen LogP contribution in [0, 0.1) is 13.8 Å². The smallest absolute Gasteiger partial charge is 0.165 e. The molecular weight excluding hydrogens is 732 g/mol. The van der Waals surface area contributed by atoms with Crippen LogP contribution in [0.4, 0.5) is 0 Å². The van der Waals surface area contributed by atoms with E-state index in [1.54, 1.807) is 0 Å². The van der Waals surface area contributed by atoms with Gasteiger partial charge in [-0.3, -0.25) is 0 Å². The van der Waals surface area contributed by atoms with Gasteiger partial charge in [-0.2, -0.15) is 12.1 Å². The molecule has 8 aromatic carbocycles. The van der Waals surface area contributed by atoms with Gasteiger partial charge in [-0.15, -0.1) is 69.1 Å². The van der Waals surface area contributed by atoms with Gasteiger partial charge in [0.05, 0.1) is 0 Å². The number of fused-ring (bicyclic) bond motifs is 2. The van der Waals surface area contributed by atoms with Crippen molar-refractivity contribution < 1.29 is 26.2 Å². The fraction of sp³-hybridized carbons (Fsp3) is 0.0980. The Bertz CT molecular complexity index is 2180. The number of rotatable bonds is 5. The summed E-state index contributed by atoms with van der Waals surface area (Å²) in [6.07, 6.45) is 6.35. The Morgan fingerprint density at radius 3 is 1.34 bits per heavy atom. The van der Waals surface area contributed by atoms with Crippen LogP contribution in [0.2, 0.25) is 13.1 Å². The van der Waals surface area contributed by atoms with Gasteiger partial charge in [-0.05, 0) is 34.8 Å². The van der Waals surface area contributed by atoms with Crippen molar-refractivity contribution in [3.63, 3.8) is 0 Å². The largest absolute Gasteiger partial charge is 2.00 e. The summed E-state index contributed by atoms with van der Waals surface area (Å²) in [5, 5.41) is 5.37. The van der Waals surface area contributed by atoms with Crippen LogP contribution >= 0.6 is 0 Å². The molecule has 0 aromatic heterocycles. The maximum atomic E-state index is 2.26. The fourth-order valence-corrected chi connectivity index (χ4v) is 6.17. The first-order chi connectivity index (χ1) is 25.5. The molecule has 0 heterocycles. The predicted octanol–water partition coefficient (Wildman–Crippen LogP) is 14.7. The molecule has 2 heteroatoms. The van der Waals surface area contributed by atoms with Crippen LogP contribution < -0.4 is 0 Å². The molecule has 0 saturated carbocycles. The summed E-state index contributed by atoms with van der Waals surface area (Å²) in [6.45, 7) is 10.7. The van der Waals surface area contributed by atoms with E-state index >= 15 is 0 Å². The van der Waals surface area contributed by atoms with Gasteiger partial charge < -0.3 is 0 Å². The second-order valence-electron chi connectivity index (χ2n) is 12.9. The summed E-state index contributed by atoms with van der Waals surface area (Å²) in [5.41, 5.74) is 11.7. The maximum Gasteiger partial charge on any atom is 2.00 e. The summed E-state index contributed by atoms with van der Waals surface area (Å²) < 4.78 is 0. The first kappa shape index (κ1) is 40.9. The molecule has 0 amide bonds. The molecule has 0 N–H and O–H groups in total. The first-order valence-electron chi connectivity index (χ1n) is 17.9. The second-order valence-corrected chi connectivity index (χ2v) is 13.9. The molecule has 53 heavy (non-hydrogen) atoms. The normalized spacial score (nSPS) is 10.7. The number of benzene rings is 6. The molecule has 0 aliphatic rings. The molecule has 0 unspecified atom stereocenters.